The number of carboxylic acid groups (broad SMARTS) is 1. The molecule has 0 atom stereocenters. The van der Waals surface area contributed by atoms with Crippen LogP contribution in [0.1, 0.15) is 32.1 Å². The van der Waals surface area contributed by atoms with Crippen LogP contribution in [0.25, 0.3) is 0 Å². The quantitative estimate of drug-likeness (QED) is 0.785. The van der Waals surface area contributed by atoms with Gasteiger partial charge in [-0.3, -0.25) is 4.79 Å². The Hall–Kier alpha value is -1.56. The maximum Gasteiger partial charge on any atom is 0.319 e. The number of carbonyl (C=O) groups excluding carboxylic acids is 1. The number of hydrogen-bond acceptors (Lipinski definition) is 3. The van der Waals surface area contributed by atoms with Crippen LogP contribution < -0.4 is 10.6 Å². The molecule has 1 heterocycles. The summed E-state index contributed by atoms with van der Waals surface area (Å²) in [5, 5.41) is 18.2. The minimum Gasteiger partial charge on any atom is -0.481 e. The molecule has 1 fully saturated rings. The van der Waals surface area contributed by atoms with Gasteiger partial charge in [0.15, 0.2) is 0 Å². The minimum absolute atomic E-state index is 0.00986. The van der Waals surface area contributed by atoms with E-state index in [1.54, 1.807) is 0 Å². The van der Waals surface area contributed by atoms with Crippen molar-refractivity contribution in [2.45, 2.75) is 37.6 Å². The van der Waals surface area contributed by atoms with Gasteiger partial charge in [0.2, 0.25) is 0 Å². The number of urea groups is 1. The number of carbonyl (C=O) groups is 2. The summed E-state index contributed by atoms with van der Waals surface area (Å²) in [6.07, 6.45) is 3.38. The average Bonchev–Trinajstić information content (AvgIpc) is 2.89. The smallest absolute Gasteiger partial charge is 0.319 e. The molecule has 0 unspecified atom stereocenters. The van der Waals surface area contributed by atoms with E-state index < -0.39 is 11.5 Å². The fraction of sp³-hybridized carbons (Fsp3) is 0.500. The van der Waals surface area contributed by atoms with Crippen LogP contribution in [0.5, 0.6) is 0 Å². The van der Waals surface area contributed by atoms with E-state index in [1.165, 1.54) is 11.3 Å². The van der Waals surface area contributed by atoms with Crippen LogP contribution in [0.15, 0.2) is 16.8 Å². The van der Waals surface area contributed by atoms with Gasteiger partial charge < -0.3 is 15.7 Å². The van der Waals surface area contributed by atoms with Crippen molar-refractivity contribution < 1.29 is 14.7 Å². The molecule has 0 aromatic carbocycles. The molecule has 3 N–H and O–H groups in total. The van der Waals surface area contributed by atoms with Crippen LogP contribution in [0.3, 0.4) is 0 Å². The highest BCUT2D eigenvalue weighted by molar-refractivity contribution is 7.08. The van der Waals surface area contributed by atoms with Crippen LogP contribution >= 0.6 is 11.3 Å². The molecule has 1 aliphatic carbocycles. The molecule has 1 aromatic heterocycles. The van der Waals surface area contributed by atoms with E-state index in [2.05, 4.69) is 10.6 Å². The lowest BCUT2D eigenvalue weighted by Crippen LogP contribution is -2.49. The zero-order chi connectivity index (χ0) is 13.0. The third kappa shape index (κ3) is 3.22. The first kappa shape index (κ1) is 12.9. The number of hydrogen-bond donors (Lipinski definition) is 3. The summed E-state index contributed by atoms with van der Waals surface area (Å²) in [7, 11) is 0. The van der Waals surface area contributed by atoms with Gasteiger partial charge in [-0.15, -0.1) is 0 Å². The number of nitrogens with one attached hydrogen (secondary N) is 2. The molecule has 0 saturated heterocycles. The number of rotatable bonds is 4. The first-order valence-electron chi connectivity index (χ1n) is 5.93. The van der Waals surface area contributed by atoms with Crippen LogP contribution in [-0.4, -0.2) is 22.6 Å². The minimum atomic E-state index is -0.868. The summed E-state index contributed by atoms with van der Waals surface area (Å²) in [6, 6.07) is 1.49. The van der Waals surface area contributed by atoms with Gasteiger partial charge >= 0.3 is 12.0 Å². The van der Waals surface area contributed by atoms with Crippen molar-refractivity contribution in [2.75, 3.05) is 5.32 Å². The van der Waals surface area contributed by atoms with E-state index in [1.807, 2.05) is 16.8 Å². The van der Waals surface area contributed by atoms with Gasteiger partial charge in [0.1, 0.15) is 0 Å². The van der Waals surface area contributed by atoms with Gasteiger partial charge in [0.05, 0.1) is 17.6 Å². The van der Waals surface area contributed by atoms with Gasteiger partial charge in [-0.05, 0) is 24.3 Å². The van der Waals surface area contributed by atoms with Crippen LogP contribution in [0.4, 0.5) is 10.5 Å². The van der Waals surface area contributed by atoms with E-state index in [4.69, 9.17) is 5.11 Å². The molecule has 0 radical (unpaired) electrons. The summed E-state index contributed by atoms with van der Waals surface area (Å²) >= 11 is 1.50. The number of thiophene rings is 1. The maximum atomic E-state index is 11.8. The molecule has 0 bridgehead atoms. The van der Waals surface area contributed by atoms with Crippen LogP contribution in [0, 0.1) is 0 Å². The van der Waals surface area contributed by atoms with Crippen molar-refractivity contribution in [3.05, 3.63) is 16.8 Å². The molecule has 5 nitrogen and oxygen atoms in total. The molecular weight excluding hydrogens is 252 g/mol. The fourth-order valence-electron chi connectivity index (χ4n) is 2.43. The summed E-state index contributed by atoms with van der Waals surface area (Å²) in [5.74, 6) is -0.868. The predicted octanol–water partition coefficient (Wildman–Crippen LogP) is 2.66. The van der Waals surface area contributed by atoms with Gasteiger partial charge in [0, 0.05) is 5.38 Å². The summed E-state index contributed by atoms with van der Waals surface area (Å²) in [6.45, 7) is 0. The number of amides is 2. The summed E-state index contributed by atoms with van der Waals surface area (Å²) in [4.78, 5) is 22.7. The Morgan fingerprint density at radius 2 is 2.11 bits per heavy atom. The predicted molar refractivity (Wildman–Crippen MR) is 69.9 cm³/mol. The molecule has 1 aromatic rings. The molecule has 0 spiro atoms. The van der Waals surface area contributed by atoms with Gasteiger partial charge in [-0.1, -0.05) is 12.8 Å². The van der Waals surface area contributed by atoms with Gasteiger partial charge in [-0.2, -0.15) is 11.3 Å². The topological polar surface area (TPSA) is 78.4 Å². The van der Waals surface area contributed by atoms with E-state index in [-0.39, 0.29) is 12.5 Å². The Balaban J connectivity index is 1.96. The Kier molecular flexibility index (Phi) is 3.86. The van der Waals surface area contributed by atoms with Crippen molar-refractivity contribution in [1.82, 2.24) is 5.32 Å². The lowest BCUT2D eigenvalue weighted by molar-refractivity contribution is -0.138. The Morgan fingerprint density at radius 3 is 2.67 bits per heavy atom. The normalized spacial score (nSPS) is 17.3. The highest BCUT2D eigenvalue weighted by Crippen LogP contribution is 2.32. The van der Waals surface area contributed by atoms with Gasteiger partial charge in [-0.25, -0.2) is 4.79 Å². The SMILES string of the molecule is O=C(O)CC1(NC(=O)Nc2ccsc2)CCCC1. The Labute approximate surface area is 109 Å². The van der Waals surface area contributed by atoms with Crippen molar-refractivity contribution in [3.63, 3.8) is 0 Å². The van der Waals surface area contributed by atoms with Gasteiger partial charge in [0.25, 0.3) is 0 Å². The molecule has 0 aliphatic heterocycles. The second kappa shape index (κ2) is 5.39. The standard InChI is InChI=1S/C12H16N2O3S/c15-10(16)7-12(4-1-2-5-12)14-11(17)13-9-3-6-18-8-9/h3,6,8H,1-2,4-5,7H2,(H,15,16)(H2,13,14,17). The number of aliphatic carboxylic acids is 1. The number of anilines is 1. The Bertz CT molecular complexity index is 425. The third-order valence-electron chi connectivity index (χ3n) is 3.21. The lowest BCUT2D eigenvalue weighted by Gasteiger charge is -2.28. The average molecular weight is 268 g/mol. The first-order chi connectivity index (χ1) is 8.60. The van der Waals surface area contributed by atoms with E-state index in [0.29, 0.717) is 0 Å². The maximum absolute atomic E-state index is 11.8. The molecule has 98 valence electrons. The van der Waals surface area contributed by atoms with E-state index in [9.17, 15) is 9.59 Å². The molecule has 18 heavy (non-hydrogen) atoms. The van der Waals surface area contributed by atoms with Crippen LogP contribution in [0.2, 0.25) is 0 Å². The lowest BCUT2D eigenvalue weighted by atomic mass is 9.93. The molecule has 1 aliphatic rings. The molecule has 1 saturated carbocycles. The highest BCUT2D eigenvalue weighted by Gasteiger charge is 2.37. The van der Waals surface area contributed by atoms with E-state index in [0.717, 1.165) is 31.4 Å². The van der Waals surface area contributed by atoms with Crippen molar-refractivity contribution >= 4 is 29.0 Å². The fourth-order valence-corrected chi connectivity index (χ4v) is 3.01. The molecular formula is C12H16N2O3S. The number of carboxylic acids is 1. The second-order valence-corrected chi connectivity index (χ2v) is 5.43. The zero-order valence-corrected chi connectivity index (χ0v) is 10.8. The first-order valence-corrected chi connectivity index (χ1v) is 6.87. The van der Waals surface area contributed by atoms with Crippen LogP contribution in [-0.2, 0) is 4.79 Å². The van der Waals surface area contributed by atoms with Crippen molar-refractivity contribution in [2.24, 2.45) is 0 Å². The van der Waals surface area contributed by atoms with Crippen molar-refractivity contribution in [3.8, 4) is 0 Å². The Morgan fingerprint density at radius 1 is 1.39 bits per heavy atom. The summed E-state index contributed by atoms with van der Waals surface area (Å²) in [5.41, 5.74) is 0.160. The molecule has 6 heteroatoms. The highest BCUT2D eigenvalue weighted by atomic mass is 32.1. The molecule has 2 rings (SSSR count). The zero-order valence-electron chi connectivity index (χ0n) is 9.94. The van der Waals surface area contributed by atoms with E-state index >= 15 is 0 Å². The second-order valence-electron chi connectivity index (χ2n) is 4.65. The monoisotopic (exact) mass is 268 g/mol. The molecule has 2 amide bonds. The largest absolute Gasteiger partial charge is 0.481 e. The summed E-state index contributed by atoms with van der Waals surface area (Å²) < 4.78 is 0. The van der Waals surface area contributed by atoms with Crippen molar-refractivity contribution in [1.29, 1.82) is 0 Å². The third-order valence-corrected chi connectivity index (χ3v) is 3.89.